The number of amides is 1. The molecule has 0 spiro atoms. The van der Waals surface area contributed by atoms with Crippen LogP contribution in [0.25, 0.3) is 0 Å². The smallest absolute Gasteiger partial charge is 0.259 e. The number of ether oxygens (including phenoxy) is 1. The summed E-state index contributed by atoms with van der Waals surface area (Å²) in [6, 6.07) is 3.33. The van der Waals surface area contributed by atoms with Crippen molar-refractivity contribution in [3.05, 3.63) is 35.0 Å². The molecule has 0 aliphatic carbocycles. The Balaban J connectivity index is 1.68. The highest BCUT2D eigenvalue weighted by Crippen LogP contribution is 2.28. The van der Waals surface area contributed by atoms with Crippen LogP contribution in [0.5, 0.6) is 5.88 Å². The summed E-state index contributed by atoms with van der Waals surface area (Å²) in [6.07, 6.45) is 2.32. The summed E-state index contributed by atoms with van der Waals surface area (Å²) in [5.41, 5.74) is 0.0245. The molecule has 152 valence electrons. The minimum absolute atomic E-state index is 0.126. The van der Waals surface area contributed by atoms with E-state index in [1.807, 2.05) is 5.38 Å². The summed E-state index contributed by atoms with van der Waals surface area (Å²) in [5, 5.41) is 12.8. The lowest BCUT2D eigenvalue weighted by Crippen LogP contribution is -2.35. The summed E-state index contributed by atoms with van der Waals surface area (Å²) in [7, 11) is 0. The van der Waals surface area contributed by atoms with Crippen LogP contribution in [-0.2, 0) is 5.60 Å². The molecule has 1 aliphatic heterocycles. The Hall–Kier alpha value is -2.26. The number of rotatable bonds is 6. The fraction of sp³-hybridized carbons (Fsp3) is 0.526. The standard InChI is InChI=1S/C19H25FN4O3S/c1-19(2,26)15-13-28-18(22-15)24-9-4-8-23(10-11-24)17(25)14-5-3-7-21-16(14)27-12-6-20/h3,5,7,13,26H,4,6,8-12H2,1-2H3. The Labute approximate surface area is 167 Å². The van der Waals surface area contributed by atoms with Crippen LogP contribution in [-0.4, -0.2) is 65.3 Å². The molecule has 28 heavy (non-hydrogen) atoms. The van der Waals surface area contributed by atoms with Crippen LogP contribution < -0.4 is 9.64 Å². The minimum atomic E-state index is -0.973. The molecule has 0 bridgehead atoms. The third kappa shape index (κ3) is 4.77. The molecule has 1 N–H and O–H groups in total. The summed E-state index contributed by atoms with van der Waals surface area (Å²) in [4.78, 5) is 25.5. The average molecular weight is 408 g/mol. The first-order valence-corrected chi connectivity index (χ1v) is 10.1. The van der Waals surface area contributed by atoms with Gasteiger partial charge in [0.2, 0.25) is 5.88 Å². The molecule has 2 aromatic rings. The monoisotopic (exact) mass is 408 g/mol. The van der Waals surface area contributed by atoms with E-state index in [1.54, 1.807) is 30.9 Å². The molecule has 0 atom stereocenters. The Kier molecular flexibility index (Phi) is 6.46. The number of anilines is 1. The molecule has 0 saturated carbocycles. The topological polar surface area (TPSA) is 78.8 Å². The van der Waals surface area contributed by atoms with Gasteiger partial charge in [-0.15, -0.1) is 11.3 Å². The first-order valence-electron chi connectivity index (χ1n) is 9.26. The van der Waals surface area contributed by atoms with Gasteiger partial charge in [-0.1, -0.05) is 0 Å². The summed E-state index contributed by atoms with van der Waals surface area (Å²) in [5.74, 6) is 0.00104. The van der Waals surface area contributed by atoms with E-state index in [2.05, 4.69) is 14.9 Å². The van der Waals surface area contributed by atoms with Crippen LogP contribution in [0.4, 0.5) is 9.52 Å². The highest BCUT2D eigenvalue weighted by atomic mass is 32.1. The second-order valence-corrected chi connectivity index (χ2v) is 7.94. The predicted octanol–water partition coefficient (Wildman–Crippen LogP) is 2.47. The molecule has 1 fully saturated rings. The fourth-order valence-corrected chi connectivity index (χ4v) is 4.02. The average Bonchev–Trinajstić information content (AvgIpc) is 3.05. The number of halogens is 1. The van der Waals surface area contributed by atoms with Crippen molar-refractivity contribution < 1.29 is 19.0 Å². The van der Waals surface area contributed by atoms with E-state index >= 15 is 0 Å². The molecule has 2 aromatic heterocycles. The van der Waals surface area contributed by atoms with Crippen LogP contribution in [0.2, 0.25) is 0 Å². The molecule has 0 unspecified atom stereocenters. The maximum atomic E-state index is 13.0. The first-order chi connectivity index (χ1) is 13.4. The molecule has 1 aliphatic rings. The lowest BCUT2D eigenvalue weighted by molar-refractivity contribution is 0.0744. The first kappa shape index (κ1) is 20.5. The largest absolute Gasteiger partial charge is 0.474 e. The van der Waals surface area contributed by atoms with E-state index in [-0.39, 0.29) is 18.4 Å². The number of thiazole rings is 1. The Morgan fingerprint density at radius 2 is 2.18 bits per heavy atom. The molecule has 1 amide bonds. The van der Waals surface area contributed by atoms with Crippen LogP contribution in [0.3, 0.4) is 0 Å². The van der Waals surface area contributed by atoms with E-state index in [0.29, 0.717) is 30.9 Å². The van der Waals surface area contributed by atoms with Crippen molar-refractivity contribution in [2.24, 2.45) is 0 Å². The summed E-state index contributed by atoms with van der Waals surface area (Å²) >= 11 is 1.50. The van der Waals surface area contributed by atoms with E-state index in [4.69, 9.17) is 4.74 Å². The van der Waals surface area contributed by atoms with Crippen molar-refractivity contribution in [2.75, 3.05) is 44.4 Å². The zero-order chi connectivity index (χ0) is 20.1. The van der Waals surface area contributed by atoms with Crippen LogP contribution in [0.15, 0.2) is 23.7 Å². The normalized spacial score (nSPS) is 15.4. The van der Waals surface area contributed by atoms with E-state index in [1.165, 1.54) is 17.5 Å². The molecular formula is C19H25FN4O3S. The van der Waals surface area contributed by atoms with Crippen molar-refractivity contribution in [2.45, 2.75) is 25.9 Å². The minimum Gasteiger partial charge on any atom is -0.474 e. The zero-order valence-electron chi connectivity index (χ0n) is 16.1. The van der Waals surface area contributed by atoms with Gasteiger partial charge in [-0.3, -0.25) is 4.79 Å². The van der Waals surface area contributed by atoms with E-state index < -0.39 is 12.3 Å². The van der Waals surface area contributed by atoms with Gasteiger partial charge < -0.3 is 19.6 Å². The SMILES string of the molecule is CC(C)(O)c1csc(N2CCCN(C(=O)c3cccnc3OCCF)CC2)n1. The van der Waals surface area contributed by atoms with Gasteiger partial charge in [0.15, 0.2) is 5.13 Å². The highest BCUT2D eigenvalue weighted by Gasteiger charge is 2.26. The predicted molar refractivity (Wildman–Crippen MR) is 106 cm³/mol. The lowest BCUT2D eigenvalue weighted by Gasteiger charge is -2.22. The molecular weight excluding hydrogens is 383 g/mol. The number of alkyl halides is 1. The van der Waals surface area contributed by atoms with Gasteiger partial charge in [0.25, 0.3) is 5.91 Å². The fourth-order valence-electron chi connectivity index (χ4n) is 2.98. The molecule has 1 saturated heterocycles. The van der Waals surface area contributed by atoms with Gasteiger partial charge in [0.1, 0.15) is 24.4 Å². The maximum absolute atomic E-state index is 13.0. The molecule has 3 heterocycles. The van der Waals surface area contributed by atoms with E-state index in [9.17, 15) is 14.3 Å². The van der Waals surface area contributed by atoms with Gasteiger partial charge in [-0.05, 0) is 32.4 Å². The number of aromatic nitrogens is 2. The second kappa shape index (κ2) is 8.83. The number of carbonyl (C=O) groups is 1. The molecule has 7 nitrogen and oxygen atoms in total. The maximum Gasteiger partial charge on any atom is 0.259 e. The molecule has 3 rings (SSSR count). The number of aliphatic hydroxyl groups is 1. The third-order valence-electron chi connectivity index (χ3n) is 4.49. The van der Waals surface area contributed by atoms with E-state index in [0.717, 1.165) is 18.1 Å². The third-order valence-corrected chi connectivity index (χ3v) is 5.39. The summed E-state index contributed by atoms with van der Waals surface area (Å²) < 4.78 is 17.7. The van der Waals surface area contributed by atoms with Gasteiger partial charge >= 0.3 is 0 Å². The van der Waals surface area contributed by atoms with Gasteiger partial charge in [0.05, 0.1) is 5.69 Å². The Morgan fingerprint density at radius 1 is 1.36 bits per heavy atom. The van der Waals surface area contributed by atoms with Crippen molar-refractivity contribution >= 4 is 22.4 Å². The van der Waals surface area contributed by atoms with Gasteiger partial charge in [0, 0.05) is 37.8 Å². The van der Waals surface area contributed by atoms with Crippen LogP contribution >= 0.6 is 11.3 Å². The van der Waals surface area contributed by atoms with Crippen molar-refractivity contribution in [3.63, 3.8) is 0 Å². The van der Waals surface area contributed by atoms with Gasteiger partial charge in [-0.2, -0.15) is 0 Å². The Bertz CT molecular complexity index is 808. The number of pyridine rings is 1. The second-order valence-electron chi connectivity index (χ2n) is 7.10. The Morgan fingerprint density at radius 3 is 2.89 bits per heavy atom. The lowest BCUT2D eigenvalue weighted by atomic mass is 10.1. The number of nitrogens with zero attached hydrogens (tertiary/aromatic N) is 4. The van der Waals surface area contributed by atoms with Crippen molar-refractivity contribution in [1.82, 2.24) is 14.9 Å². The van der Waals surface area contributed by atoms with Crippen LogP contribution in [0.1, 0.15) is 36.3 Å². The van der Waals surface area contributed by atoms with Crippen LogP contribution in [0, 0.1) is 0 Å². The molecule has 0 radical (unpaired) electrons. The zero-order valence-corrected chi connectivity index (χ0v) is 16.9. The van der Waals surface area contributed by atoms with Gasteiger partial charge in [-0.25, -0.2) is 14.4 Å². The number of hydrogen-bond acceptors (Lipinski definition) is 7. The highest BCUT2D eigenvalue weighted by molar-refractivity contribution is 7.13. The molecule has 0 aromatic carbocycles. The number of hydrogen-bond donors (Lipinski definition) is 1. The summed E-state index contributed by atoms with van der Waals surface area (Å²) in [6.45, 7) is 5.23. The molecule has 9 heteroatoms. The van der Waals surface area contributed by atoms with Crippen molar-refractivity contribution in [3.8, 4) is 5.88 Å². The number of carbonyl (C=O) groups excluding carboxylic acids is 1. The van der Waals surface area contributed by atoms with Crippen molar-refractivity contribution in [1.29, 1.82) is 0 Å². The quantitative estimate of drug-likeness (QED) is 0.791.